The molecule has 0 saturated carbocycles. The van der Waals surface area contributed by atoms with Crippen molar-refractivity contribution < 1.29 is 4.79 Å². The Balaban J connectivity index is 1.37. The van der Waals surface area contributed by atoms with Gasteiger partial charge < -0.3 is 9.88 Å². The molecular weight excluding hydrogens is 330 g/mol. The molecule has 0 unspecified atom stereocenters. The average molecular weight is 353 g/mol. The molecule has 0 aliphatic carbocycles. The van der Waals surface area contributed by atoms with Gasteiger partial charge in [0.05, 0.1) is 6.33 Å². The van der Waals surface area contributed by atoms with E-state index in [1.807, 2.05) is 24.9 Å². The fourth-order valence-electron chi connectivity index (χ4n) is 3.84. The summed E-state index contributed by atoms with van der Waals surface area (Å²) in [6.45, 7) is 5.59. The van der Waals surface area contributed by atoms with Crippen molar-refractivity contribution in [2.45, 2.75) is 45.4 Å². The van der Waals surface area contributed by atoms with Gasteiger partial charge in [0, 0.05) is 48.7 Å². The Kier molecular flexibility index (Phi) is 4.40. The van der Waals surface area contributed by atoms with E-state index in [0.29, 0.717) is 24.5 Å². The first-order chi connectivity index (χ1) is 12.6. The zero-order valence-electron chi connectivity index (χ0n) is 15.1. The van der Waals surface area contributed by atoms with Crippen LogP contribution in [0.5, 0.6) is 0 Å². The van der Waals surface area contributed by atoms with E-state index in [4.69, 9.17) is 0 Å². The smallest absolute Gasteiger partial charge is 0.252 e. The number of aromatic nitrogens is 6. The molecule has 1 amide bonds. The van der Waals surface area contributed by atoms with Gasteiger partial charge in [-0.2, -0.15) is 10.1 Å². The summed E-state index contributed by atoms with van der Waals surface area (Å²) in [5.74, 6) is 1.30. The van der Waals surface area contributed by atoms with Gasteiger partial charge in [-0.15, -0.1) is 0 Å². The monoisotopic (exact) mass is 353 g/mol. The van der Waals surface area contributed by atoms with Crippen LogP contribution in [-0.4, -0.2) is 53.4 Å². The van der Waals surface area contributed by atoms with E-state index in [2.05, 4.69) is 25.0 Å². The van der Waals surface area contributed by atoms with E-state index in [9.17, 15) is 4.79 Å². The summed E-state index contributed by atoms with van der Waals surface area (Å²) in [5, 5.41) is 4.21. The van der Waals surface area contributed by atoms with Gasteiger partial charge in [-0.05, 0) is 38.7 Å². The average Bonchev–Trinajstić information content (AvgIpc) is 3.33. The zero-order chi connectivity index (χ0) is 18.1. The minimum Gasteiger partial charge on any atom is -0.348 e. The number of piperidine rings is 1. The fraction of sp³-hybridized carbons (Fsp3) is 0.500. The first kappa shape index (κ1) is 16.7. The van der Waals surface area contributed by atoms with Gasteiger partial charge in [-0.25, -0.2) is 14.5 Å². The van der Waals surface area contributed by atoms with Crippen LogP contribution in [0.4, 0.5) is 0 Å². The molecule has 4 heterocycles. The third-order valence-corrected chi connectivity index (χ3v) is 5.38. The molecule has 0 atom stereocenters. The highest BCUT2D eigenvalue weighted by molar-refractivity contribution is 5.76. The predicted molar refractivity (Wildman–Crippen MR) is 95.7 cm³/mol. The number of carbonyl (C=O) groups is 1. The van der Waals surface area contributed by atoms with E-state index in [-0.39, 0.29) is 5.91 Å². The Bertz CT molecular complexity index is 907. The molecule has 8 nitrogen and oxygen atoms in total. The van der Waals surface area contributed by atoms with Crippen molar-refractivity contribution in [2.75, 3.05) is 13.1 Å². The minimum absolute atomic E-state index is 0.213. The highest BCUT2D eigenvalue weighted by atomic mass is 16.2. The van der Waals surface area contributed by atoms with Crippen LogP contribution in [-0.2, 0) is 11.2 Å². The number of hydrogen-bond acceptors (Lipinski definition) is 5. The van der Waals surface area contributed by atoms with Gasteiger partial charge in [0.25, 0.3) is 5.78 Å². The van der Waals surface area contributed by atoms with Crippen LogP contribution in [0.3, 0.4) is 0 Å². The van der Waals surface area contributed by atoms with E-state index < -0.39 is 0 Å². The van der Waals surface area contributed by atoms with Crippen LogP contribution >= 0.6 is 0 Å². The lowest BCUT2D eigenvalue weighted by Crippen LogP contribution is -2.38. The minimum atomic E-state index is 0.213. The third kappa shape index (κ3) is 3.07. The molecule has 4 rings (SSSR count). The van der Waals surface area contributed by atoms with Crippen LogP contribution < -0.4 is 0 Å². The molecule has 26 heavy (non-hydrogen) atoms. The second kappa shape index (κ2) is 6.86. The molecule has 8 heteroatoms. The summed E-state index contributed by atoms with van der Waals surface area (Å²) in [4.78, 5) is 30.5. The quantitative estimate of drug-likeness (QED) is 0.772. The lowest BCUT2D eigenvalue weighted by atomic mass is 9.93. The summed E-state index contributed by atoms with van der Waals surface area (Å²) >= 11 is 0. The van der Waals surface area contributed by atoms with Crippen molar-refractivity contribution in [1.29, 1.82) is 0 Å². The number of rotatable bonds is 4. The SMILES string of the molecule is Cc1nc2ncnn2c(C)c1CCC(=O)N1CCC(c2cnc[nH]2)CC1. The van der Waals surface area contributed by atoms with Gasteiger partial charge in [-0.3, -0.25) is 4.79 Å². The molecule has 1 fully saturated rings. The number of amides is 1. The van der Waals surface area contributed by atoms with Crippen LogP contribution in [0, 0.1) is 13.8 Å². The van der Waals surface area contributed by atoms with Gasteiger partial charge >= 0.3 is 0 Å². The highest BCUT2D eigenvalue weighted by Gasteiger charge is 2.24. The Hall–Kier alpha value is -2.77. The summed E-state index contributed by atoms with van der Waals surface area (Å²) in [7, 11) is 0. The maximum Gasteiger partial charge on any atom is 0.252 e. The number of aryl methyl sites for hydroxylation is 2. The Morgan fingerprint density at radius 1 is 1.31 bits per heavy atom. The molecule has 136 valence electrons. The zero-order valence-corrected chi connectivity index (χ0v) is 15.1. The molecule has 3 aromatic rings. The van der Waals surface area contributed by atoms with E-state index in [1.54, 1.807) is 10.8 Å². The summed E-state index contributed by atoms with van der Waals surface area (Å²) < 4.78 is 1.74. The van der Waals surface area contributed by atoms with E-state index >= 15 is 0 Å². The number of carbonyl (C=O) groups excluding carboxylic acids is 1. The third-order valence-electron chi connectivity index (χ3n) is 5.38. The molecule has 0 radical (unpaired) electrons. The lowest BCUT2D eigenvalue weighted by molar-refractivity contribution is -0.132. The van der Waals surface area contributed by atoms with Crippen LogP contribution in [0.15, 0.2) is 18.9 Å². The fourth-order valence-corrected chi connectivity index (χ4v) is 3.84. The predicted octanol–water partition coefficient (Wildman–Crippen LogP) is 1.80. The number of H-pyrrole nitrogens is 1. The van der Waals surface area contributed by atoms with Gasteiger partial charge in [-0.1, -0.05) is 0 Å². The second-order valence-corrected chi connectivity index (χ2v) is 6.90. The molecule has 1 N–H and O–H groups in total. The largest absolute Gasteiger partial charge is 0.348 e. The molecule has 1 aliphatic heterocycles. The van der Waals surface area contributed by atoms with E-state index in [1.165, 1.54) is 12.0 Å². The van der Waals surface area contributed by atoms with Gasteiger partial charge in [0.1, 0.15) is 6.33 Å². The van der Waals surface area contributed by atoms with Gasteiger partial charge in [0.15, 0.2) is 0 Å². The van der Waals surface area contributed by atoms with E-state index in [0.717, 1.165) is 42.9 Å². The molecule has 1 saturated heterocycles. The van der Waals surface area contributed by atoms with Crippen molar-refractivity contribution in [3.05, 3.63) is 41.5 Å². The van der Waals surface area contributed by atoms with Crippen molar-refractivity contribution in [2.24, 2.45) is 0 Å². The first-order valence-corrected chi connectivity index (χ1v) is 9.05. The summed E-state index contributed by atoms with van der Waals surface area (Å²) in [5.41, 5.74) is 4.20. The Morgan fingerprint density at radius 3 is 2.85 bits per heavy atom. The van der Waals surface area contributed by atoms with Crippen LogP contribution in [0.2, 0.25) is 0 Å². The summed E-state index contributed by atoms with van der Waals surface area (Å²) in [6, 6.07) is 0. The molecule has 1 aliphatic rings. The lowest BCUT2D eigenvalue weighted by Gasteiger charge is -2.31. The van der Waals surface area contributed by atoms with Gasteiger partial charge in [0.2, 0.25) is 5.91 Å². The van der Waals surface area contributed by atoms with Crippen LogP contribution in [0.25, 0.3) is 5.78 Å². The molecular formula is C18H23N7O. The maximum absolute atomic E-state index is 12.7. The Labute approximate surface area is 151 Å². The second-order valence-electron chi connectivity index (χ2n) is 6.90. The standard InChI is InChI=1S/C18H23N7O/c1-12-15(13(2)25-18(23-12)21-11-22-25)3-4-17(26)24-7-5-14(6-8-24)16-9-19-10-20-16/h9-11,14H,3-8H2,1-2H3,(H,19,20). The highest BCUT2D eigenvalue weighted by Crippen LogP contribution is 2.26. The molecule has 0 spiro atoms. The van der Waals surface area contributed by atoms with Crippen molar-refractivity contribution in [1.82, 2.24) is 34.4 Å². The number of nitrogens with zero attached hydrogens (tertiary/aromatic N) is 6. The van der Waals surface area contributed by atoms with Crippen molar-refractivity contribution in [3.63, 3.8) is 0 Å². The molecule has 3 aromatic heterocycles. The number of aromatic amines is 1. The number of nitrogens with one attached hydrogen (secondary N) is 1. The maximum atomic E-state index is 12.7. The Morgan fingerprint density at radius 2 is 2.12 bits per heavy atom. The number of fused-ring (bicyclic) bond motifs is 1. The number of likely N-dealkylation sites (tertiary alicyclic amines) is 1. The summed E-state index contributed by atoms with van der Waals surface area (Å²) in [6.07, 6.45) is 8.26. The first-order valence-electron chi connectivity index (χ1n) is 9.05. The normalized spacial score (nSPS) is 15.7. The molecule has 0 aromatic carbocycles. The van der Waals surface area contributed by atoms with Crippen molar-refractivity contribution >= 4 is 11.7 Å². The number of hydrogen-bond donors (Lipinski definition) is 1. The van der Waals surface area contributed by atoms with Crippen LogP contribution in [0.1, 0.15) is 47.8 Å². The number of imidazole rings is 1. The molecule has 0 bridgehead atoms. The van der Waals surface area contributed by atoms with Crippen molar-refractivity contribution in [3.8, 4) is 0 Å². The topological polar surface area (TPSA) is 92.1 Å².